The number of hydrogen-bond donors (Lipinski definition) is 9. The number of carbonyl (C=O) groups is 1. The standard InChI is InChI=1S/C74H139NO13/c1-3-5-7-9-11-13-15-17-19-21-23-25-27-29-30-31-32-34-35-37-39-41-43-45-47-49-51-53-55-57-63(78)62(61-85-73-71(84)69(82)72(65(60-77)87-73)88-74-70(83)68(81)67(80)64(59-76)86-74)75-66(79)58-56-54-52-50-48-46-44-42-40-38-36-33-28-26-24-22-20-18-16-14-12-10-8-6-4-2/h22,24,47,49,55,57,62-65,67-74,76-78,80-84H,3-21,23,25-46,48,50-54,56,58-61H2,1-2H3,(H,75,79)/b24-22-,49-47+,57-55+. The van der Waals surface area contributed by atoms with Crippen LogP contribution < -0.4 is 5.32 Å². The predicted molar refractivity (Wildman–Crippen MR) is 360 cm³/mol. The fourth-order valence-electron chi connectivity index (χ4n) is 12.4. The average Bonchev–Trinajstić information content (AvgIpc) is 2.07. The minimum Gasteiger partial charge on any atom is -0.394 e. The molecule has 14 nitrogen and oxygen atoms in total. The van der Waals surface area contributed by atoms with E-state index in [2.05, 4.69) is 43.5 Å². The fraction of sp³-hybridized carbons (Fsp3) is 0.905. The van der Waals surface area contributed by atoms with Crippen LogP contribution in [-0.4, -0.2) is 140 Å². The van der Waals surface area contributed by atoms with Gasteiger partial charge < -0.3 is 65.1 Å². The van der Waals surface area contributed by atoms with Gasteiger partial charge in [-0.25, -0.2) is 0 Å². The van der Waals surface area contributed by atoms with Gasteiger partial charge >= 0.3 is 0 Å². The maximum atomic E-state index is 13.3. The van der Waals surface area contributed by atoms with Crippen LogP contribution in [0.1, 0.15) is 335 Å². The lowest BCUT2D eigenvalue weighted by atomic mass is 9.97. The molecule has 12 unspecified atom stereocenters. The Kier molecular flexibility index (Phi) is 55.2. The van der Waals surface area contributed by atoms with Crippen molar-refractivity contribution >= 4 is 5.91 Å². The number of carbonyl (C=O) groups excluding carboxylic acids is 1. The van der Waals surface area contributed by atoms with Gasteiger partial charge in [-0.2, -0.15) is 0 Å². The molecule has 14 heteroatoms. The summed E-state index contributed by atoms with van der Waals surface area (Å²) >= 11 is 0. The average molecular weight is 1250 g/mol. The Bertz CT molecular complexity index is 1620. The minimum absolute atomic E-state index is 0.244. The van der Waals surface area contributed by atoms with Crippen LogP contribution in [-0.2, 0) is 23.7 Å². The van der Waals surface area contributed by atoms with Crippen LogP contribution in [0.15, 0.2) is 36.5 Å². The Morgan fingerprint density at radius 3 is 1.11 bits per heavy atom. The molecule has 2 aliphatic rings. The van der Waals surface area contributed by atoms with E-state index in [1.807, 2.05) is 6.08 Å². The van der Waals surface area contributed by atoms with E-state index in [0.717, 1.165) is 32.1 Å². The maximum Gasteiger partial charge on any atom is 0.220 e. The molecule has 1 amide bonds. The lowest BCUT2D eigenvalue weighted by molar-refractivity contribution is -0.359. The molecule has 0 bridgehead atoms. The van der Waals surface area contributed by atoms with Gasteiger partial charge in [0.1, 0.15) is 48.8 Å². The van der Waals surface area contributed by atoms with Gasteiger partial charge in [0.15, 0.2) is 12.6 Å². The summed E-state index contributed by atoms with van der Waals surface area (Å²) in [7, 11) is 0. The molecule has 2 fully saturated rings. The number of aliphatic hydroxyl groups excluding tert-OH is 8. The zero-order chi connectivity index (χ0) is 63.8. The number of allylic oxidation sites excluding steroid dienone is 5. The van der Waals surface area contributed by atoms with Crippen LogP contribution in [0.25, 0.3) is 0 Å². The normalized spacial score (nSPS) is 23.3. The van der Waals surface area contributed by atoms with E-state index in [-0.39, 0.29) is 18.9 Å². The second kappa shape index (κ2) is 59.0. The molecule has 0 spiro atoms. The lowest BCUT2D eigenvalue weighted by Gasteiger charge is -2.46. The van der Waals surface area contributed by atoms with Crippen molar-refractivity contribution in [1.29, 1.82) is 0 Å². The zero-order valence-corrected chi connectivity index (χ0v) is 56.5. The van der Waals surface area contributed by atoms with Crippen molar-refractivity contribution < 1.29 is 64.6 Å². The summed E-state index contributed by atoms with van der Waals surface area (Å²) in [4.78, 5) is 13.3. The highest BCUT2D eigenvalue weighted by Gasteiger charge is 2.51. The summed E-state index contributed by atoms with van der Waals surface area (Å²) in [6, 6.07) is -0.932. The molecule has 0 aromatic carbocycles. The minimum atomic E-state index is -1.79. The summed E-state index contributed by atoms with van der Waals surface area (Å²) < 4.78 is 22.9. The molecule has 0 aliphatic carbocycles. The quantitative estimate of drug-likeness (QED) is 0.0204. The molecular formula is C74H139NO13. The molecule has 518 valence electrons. The van der Waals surface area contributed by atoms with Gasteiger partial charge in [0, 0.05) is 6.42 Å². The first-order valence-corrected chi connectivity index (χ1v) is 37.2. The van der Waals surface area contributed by atoms with Gasteiger partial charge in [-0.3, -0.25) is 4.79 Å². The van der Waals surface area contributed by atoms with Gasteiger partial charge in [0.25, 0.3) is 0 Å². The van der Waals surface area contributed by atoms with Crippen molar-refractivity contribution in [2.75, 3.05) is 19.8 Å². The summed E-state index contributed by atoms with van der Waals surface area (Å²) in [5.74, 6) is -0.244. The maximum absolute atomic E-state index is 13.3. The van der Waals surface area contributed by atoms with E-state index in [9.17, 15) is 45.6 Å². The van der Waals surface area contributed by atoms with Crippen molar-refractivity contribution in [3.05, 3.63) is 36.5 Å². The van der Waals surface area contributed by atoms with Crippen LogP contribution in [0.5, 0.6) is 0 Å². The second-order valence-corrected chi connectivity index (χ2v) is 26.4. The molecule has 9 N–H and O–H groups in total. The zero-order valence-electron chi connectivity index (χ0n) is 56.5. The number of rotatable bonds is 62. The Labute approximate surface area is 538 Å². The van der Waals surface area contributed by atoms with E-state index in [1.165, 1.54) is 270 Å². The highest BCUT2D eigenvalue weighted by atomic mass is 16.7. The number of unbranched alkanes of at least 4 members (excludes halogenated alkanes) is 45. The van der Waals surface area contributed by atoms with Crippen LogP contribution >= 0.6 is 0 Å². The summed E-state index contributed by atoms with van der Waals surface area (Å²) in [5, 5.41) is 87.5. The molecule has 2 rings (SSSR count). The number of ether oxygens (including phenoxy) is 4. The molecule has 0 radical (unpaired) electrons. The number of hydrogen-bond acceptors (Lipinski definition) is 13. The largest absolute Gasteiger partial charge is 0.394 e. The predicted octanol–water partition coefficient (Wildman–Crippen LogP) is 15.7. The topological polar surface area (TPSA) is 228 Å². The molecule has 2 heterocycles. The Morgan fingerprint density at radius 1 is 0.398 bits per heavy atom. The monoisotopic (exact) mass is 1250 g/mol. The first-order valence-electron chi connectivity index (χ1n) is 37.2. The molecule has 0 aromatic heterocycles. The van der Waals surface area contributed by atoms with Gasteiger partial charge in [0.05, 0.1) is 32.0 Å². The number of nitrogens with one attached hydrogen (secondary N) is 1. The molecule has 2 saturated heterocycles. The molecule has 12 atom stereocenters. The van der Waals surface area contributed by atoms with Gasteiger partial charge in [-0.05, 0) is 57.8 Å². The summed E-state index contributed by atoms with van der Waals surface area (Å²) in [6.07, 6.45) is 59.3. The third kappa shape index (κ3) is 42.4. The molecular weight excluding hydrogens is 1110 g/mol. The van der Waals surface area contributed by atoms with E-state index >= 15 is 0 Å². The molecule has 0 saturated carbocycles. The van der Waals surface area contributed by atoms with Gasteiger partial charge in [-0.15, -0.1) is 0 Å². The Balaban J connectivity index is 1.67. The fourth-order valence-corrected chi connectivity index (χ4v) is 12.4. The van der Waals surface area contributed by atoms with Crippen molar-refractivity contribution in [2.24, 2.45) is 0 Å². The van der Waals surface area contributed by atoms with E-state index < -0.39 is 86.8 Å². The van der Waals surface area contributed by atoms with Crippen LogP contribution in [0.4, 0.5) is 0 Å². The van der Waals surface area contributed by atoms with Crippen molar-refractivity contribution in [3.63, 3.8) is 0 Å². The van der Waals surface area contributed by atoms with Crippen LogP contribution in [0.2, 0.25) is 0 Å². The van der Waals surface area contributed by atoms with Crippen molar-refractivity contribution in [2.45, 2.75) is 408 Å². The Morgan fingerprint density at radius 2 is 0.727 bits per heavy atom. The highest BCUT2D eigenvalue weighted by Crippen LogP contribution is 2.30. The highest BCUT2D eigenvalue weighted by molar-refractivity contribution is 5.76. The van der Waals surface area contributed by atoms with Crippen molar-refractivity contribution in [1.82, 2.24) is 5.32 Å². The molecule has 0 aromatic rings. The smallest absolute Gasteiger partial charge is 0.220 e. The van der Waals surface area contributed by atoms with Gasteiger partial charge in [0.2, 0.25) is 5.91 Å². The Hall–Kier alpha value is -1.79. The summed E-state index contributed by atoms with van der Waals surface area (Å²) in [5.41, 5.74) is 0. The van der Waals surface area contributed by atoms with Crippen LogP contribution in [0.3, 0.4) is 0 Å². The van der Waals surface area contributed by atoms with Crippen molar-refractivity contribution in [3.8, 4) is 0 Å². The van der Waals surface area contributed by atoms with Gasteiger partial charge in [-0.1, -0.05) is 307 Å². The van der Waals surface area contributed by atoms with Crippen LogP contribution in [0, 0.1) is 0 Å². The second-order valence-electron chi connectivity index (χ2n) is 26.4. The van der Waals surface area contributed by atoms with E-state index in [1.54, 1.807) is 6.08 Å². The molecule has 2 aliphatic heterocycles. The SMILES string of the molecule is CCCCCCCCCC/C=C\CCCCCCCCCCCCCCCC(=O)NC(COC1OC(CO)C(OC2OC(CO)C(O)C(O)C2O)C(O)C1O)C(O)/C=C/CC/C=C/CCCCCCCCCCCCCCCCCCCCCCCCC. The molecule has 88 heavy (non-hydrogen) atoms. The van der Waals surface area contributed by atoms with E-state index in [0.29, 0.717) is 12.8 Å². The number of aliphatic hydroxyl groups is 8. The van der Waals surface area contributed by atoms with E-state index in [4.69, 9.17) is 18.9 Å². The third-order valence-corrected chi connectivity index (χ3v) is 18.3. The first kappa shape index (κ1) is 82.3. The third-order valence-electron chi connectivity index (χ3n) is 18.3. The lowest BCUT2D eigenvalue weighted by Crippen LogP contribution is -2.65. The number of amides is 1. The summed E-state index contributed by atoms with van der Waals surface area (Å²) in [6.45, 7) is 2.84. The first-order chi connectivity index (χ1) is 43.1.